The van der Waals surface area contributed by atoms with E-state index in [9.17, 15) is 0 Å². The predicted molar refractivity (Wildman–Crippen MR) is 86.6 cm³/mol. The molecule has 1 aliphatic rings. The topological polar surface area (TPSA) is 12.9 Å². The zero-order valence-electron chi connectivity index (χ0n) is 12.3. The number of hydrogen-bond donors (Lipinski definition) is 0. The largest absolute Gasteiger partial charge is 0.248 e. The molecule has 20 heavy (non-hydrogen) atoms. The van der Waals surface area contributed by atoms with Gasteiger partial charge in [0.2, 0.25) is 0 Å². The van der Waals surface area contributed by atoms with Gasteiger partial charge in [0, 0.05) is 5.39 Å². The molecule has 1 heteroatoms. The molecule has 0 spiro atoms. The maximum Gasteiger partial charge on any atom is 0.0709 e. The summed E-state index contributed by atoms with van der Waals surface area (Å²) in [5.41, 5.74) is 7.29. The molecule has 3 rings (SSSR count). The Morgan fingerprint density at radius 1 is 0.900 bits per heavy atom. The lowest BCUT2D eigenvalue weighted by molar-refractivity contribution is 1.29. The lowest BCUT2D eigenvalue weighted by atomic mass is 10.0. The van der Waals surface area contributed by atoms with Gasteiger partial charge in [0.05, 0.1) is 11.2 Å². The van der Waals surface area contributed by atoms with Gasteiger partial charge in [0.15, 0.2) is 0 Å². The summed E-state index contributed by atoms with van der Waals surface area (Å²) in [6.07, 6.45) is 7.73. The van der Waals surface area contributed by atoms with E-state index in [-0.39, 0.29) is 0 Å². The molecule has 0 unspecified atom stereocenters. The summed E-state index contributed by atoms with van der Waals surface area (Å²) in [5, 5.41) is 1.21. The van der Waals surface area contributed by atoms with Crippen LogP contribution in [-0.2, 0) is 0 Å². The number of pyridine rings is 1. The fourth-order valence-electron chi connectivity index (χ4n) is 2.51. The first kappa shape index (κ1) is 12.9. The van der Waals surface area contributed by atoms with Crippen LogP contribution in [0.4, 0.5) is 0 Å². The number of rotatable bonds is 1. The van der Waals surface area contributed by atoms with Crippen molar-refractivity contribution >= 4 is 16.5 Å². The zero-order valence-corrected chi connectivity index (χ0v) is 12.3. The van der Waals surface area contributed by atoms with Gasteiger partial charge in [-0.05, 0) is 62.6 Å². The van der Waals surface area contributed by atoms with E-state index in [4.69, 9.17) is 4.98 Å². The lowest BCUT2D eigenvalue weighted by Crippen LogP contribution is -1.89. The van der Waals surface area contributed by atoms with Crippen molar-refractivity contribution in [3.05, 3.63) is 71.0 Å². The van der Waals surface area contributed by atoms with E-state index in [0.29, 0.717) is 0 Å². The van der Waals surface area contributed by atoms with Gasteiger partial charge in [0.25, 0.3) is 0 Å². The summed E-state index contributed by atoms with van der Waals surface area (Å²) in [7, 11) is 0. The van der Waals surface area contributed by atoms with Crippen LogP contribution in [0.3, 0.4) is 0 Å². The van der Waals surface area contributed by atoms with E-state index in [1.807, 2.05) is 0 Å². The average molecular weight is 261 g/mol. The van der Waals surface area contributed by atoms with Gasteiger partial charge in [-0.25, -0.2) is 4.98 Å². The summed E-state index contributed by atoms with van der Waals surface area (Å²) in [5.74, 6) is 0. The second-order valence-electron chi connectivity index (χ2n) is 5.50. The molecule has 0 atom stereocenters. The molecule has 0 saturated heterocycles. The van der Waals surface area contributed by atoms with E-state index < -0.39 is 0 Å². The first-order valence-electron chi connectivity index (χ1n) is 7.07. The zero-order chi connectivity index (χ0) is 14.1. The van der Waals surface area contributed by atoms with Crippen molar-refractivity contribution in [2.75, 3.05) is 0 Å². The van der Waals surface area contributed by atoms with Crippen molar-refractivity contribution in [3.63, 3.8) is 0 Å². The van der Waals surface area contributed by atoms with Crippen molar-refractivity contribution in [3.8, 4) is 0 Å². The Morgan fingerprint density at radius 3 is 2.60 bits per heavy atom. The summed E-state index contributed by atoms with van der Waals surface area (Å²) in [4.78, 5) is 4.81. The van der Waals surface area contributed by atoms with Crippen molar-refractivity contribution in [1.82, 2.24) is 4.98 Å². The maximum absolute atomic E-state index is 4.81. The van der Waals surface area contributed by atoms with Crippen LogP contribution in [0.15, 0.2) is 59.7 Å². The van der Waals surface area contributed by atoms with Gasteiger partial charge in [-0.2, -0.15) is 0 Å². The second kappa shape index (κ2) is 5.09. The van der Waals surface area contributed by atoms with Gasteiger partial charge < -0.3 is 0 Å². The number of fused-ring (bicyclic) bond motifs is 1. The summed E-state index contributed by atoms with van der Waals surface area (Å²) < 4.78 is 0. The molecular weight excluding hydrogens is 242 g/mol. The second-order valence-corrected chi connectivity index (χ2v) is 5.50. The highest BCUT2D eigenvalue weighted by Gasteiger charge is 2.06. The van der Waals surface area contributed by atoms with Crippen LogP contribution in [0.1, 0.15) is 31.5 Å². The van der Waals surface area contributed by atoms with Gasteiger partial charge in [-0.1, -0.05) is 35.4 Å². The quantitative estimate of drug-likeness (QED) is 0.685. The third-order valence-corrected chi connectivity index (χ3v) is 3.90. The molecule has 1 heterocycles. The van der Waals surface area contributed by atoms with Crippen molar-refractivity contribution in [2.24, 2.45) is 0 Å². The Kier molecular flexibility index (Phi) is 3.27. The van der Waals surface area contributed by atoms with Crippen molar-refractivity contribution in [1.29, 1.82) is 0 Å². The smallest absolute Gasteiger partial charge is 0.0709 e. The van der Waals surface area contributed by atoms with Crippen LogP contribution in [0.25, 0.3) is 16.5 Å². The SMILES string of the molecule is CC1=CCC=C(c2ccc3cc(C)ccc3n2)C=C1C. The minimum atomic E-state index is 0.975. The van der Waals surface area contributed by atoms with E-state index in [1.54, 1.807) is 0 Å². The Balaban J connectivity index is 2.07. The molecule has 0 N–H and O–H groups in total. The van der Waals surface area contributed by atoms with Crippen LogP contribution in [0, 0.1) is 6.92 Å². The summed E-state index contributed by atoms with van der Waals surface area (Å²) in [6, 6.07) is 10.7. The highest BCUT2D eigenvalue weighted by atomic mass is 14.7. The minimum Gasteiger partial charge on any atom is -0.248 e. The fraction of sp³-hybridized carbons (Fsp3) is 0.211. The molecule has 1 aliphatic carbocycles. The Bertz CT molecular complexity index is 760. The highest BCUT2D eigenvalue weighted by molar-refractivity contribution is 5.83. The van der Waals surface area contributed by atoms with Gasteiger partial charge in [-0.15, -0.1) is 0 Å². The predicted octanol–water partition coefficient (Wildman–Crippen LogP) is 5.22. The lowest BCUT2D eigenvalue weighted by Gasteiger charge is -2.06. The first-order chi connectivity index (χ1) is 9.63. The van der Waals surface area contributed by atoms with Crippen LogP contribution >= 0.6 is 0 Å². The van der Waals surface area contributed by atoms with E-state index >= 15 is 0 Å². The maximum atomic E-state index is 4.81. The van der Waals surface area contributed by atoms with Crippen LogP contribution < -0.4 is 0 Å². The minimum absolute atomic E-state index is 0.975. The molecule has 1 nitrogen and oxygen atoms in total. The monoisotopic (exact) mass is 261 g/mol. The molecule has 1 aromatic carbocycles. The van der Waals surface area contributed by atoms with Gasteiger partial charge in [-0.3, -0.25) is 0 Å². The molecule has 0 bridgehead atoms. The molecule has 0 amide bonds. The third-order valence-electron chi connectivity index (χ3n) is 3.90. The van der Waals surface area contributed by atoms with Crippen molar-refractivity contribution < 1.29 is 0 Å². The number of benzene rings is 1. The van der Waals surface area contributed by atoms with E-state index in [1.165, 1.54) is 27.7 Å². The van der Waals surface area contributed by atoms with Crippen LogP contribution in [-0.4, -0.2) is 4.98 Å². The standard InChI is InChI=1S/C19H19N/c1-13-7-9-18-17(11-13)8-10-19(20-18)16-6-4-5-14(2)15(3)12-16/h5-12H,4H2,1-3H3. The van der Waals surface area contributed by atoms with Crippen molar-refractivity contribution in [2.45, 2.75) is 27.2 Å². The molecule has 0 aliphatic heterocycles. The molecule has 0 radical (unpaired) electrons. The Morgan fingerprint density at radius 2 is 1.75 bits per heavy atom. The van der Waals surface area contributed by atoms with Gasteiger partial charge >= 0.3 is 0 Å². The Hall–Kier alpha value is -2.15. The van der Waals surface area contributed by atoms with Crippen LogP contribution in [0.5, 0.6) is 0 Å². The molecule has 0 fully saturated rings. The molecular formula is C19H19N. The third kappa shape index (κ3) is 2.44. The van der Waals surface area contributed by atoms with Crippen LogP contribution in [0.2, 0.25) is 0 Å². The Labute approximate surface area is 120 Å². The fourth-order valence-corrected chi connectivity index (χ4v) is 2.51. The highest BCUT2D eigenvalue weighted by Crippen LogP contribution is 2.25. The van der Waals surface area contributed by atoms with E-state index in [2.05, 4.69) is 69.3 Å². The first-order valence-corrected chi connectivity index (χ1v) is 7.07. The summed E-state index contributed by atoms with van der Waals surface area (Å²) in [6.45, 7) is 6.44. The van der Waals surface area contributed by atoms with E-state index in [0.717, 1.165) is 17.6 Å². The normalized spacial score (nSPS) is 15.4. The average Bonchev–Trinajstić information content (AvgIpc) is 2.61. The van der Waals surface area contributed by atoms with Gasteiger partial charge in [0.1, 0.15) is 0 Å². The number of allylic oxidation sites excluding steroid dienone is 6. The molecule has 1 aromatic heterocycles. The molecule has 2 aromatic rings. The number of hydrogen-bond acceptors (Lipinski definition) is 1. The number of aromatic nitrogens is 1. The molecule has 100 valence electrons. The molecule has 0 saturated carbocycles. The number of nitrogens with zero attached hydrogens (tertiary/aromatic N) is 1. The number of aryl methyl sites for hydroxylation is 1. The summed E-state index contributed by atoms with van der Waals surface area (Å²) >= 11 is 0.